The van der Waals surface area contributed by atoms with Crippen molar-refractivity contribution in [1.82, 2.24) is 14.7 Å². The topological polar surface area (TPSA) is 79.6 Å². The second kappa shape index (κ2) is 6.37. The minimum absolute atomic E-state index is 0.118. The molecular formula is C17H26N4O3. The van der Waals surface area contributed by atoms with Crippen molar-refractivity contribution in [3.63, 3.8) is 0 Å². The second-order valence-corrected chi connectivity index (χ2v) is 7.35. The molecule has 1 aromatic heterocycles. The molecule has 1 unspecified atom stereocenters. The summed E-state index contributed by atoms with van der Waals surface area (Å²) >= 11 is 0. The third kappa shape index (κ3) is 3.49. The Balaban J connectivity index is 1.88. The van der Waals surface area contributed by atoms with Crippen LogP contribution in [0.4, 0.5) is 10.6 Å². The number of aromatic nitrogens is 2. The molecule has 132 valence electrons. The quantitative estimate of drug-likeness (QED) is 0.821. The van der Waals surface area contributed by atoms with Gasteiger partial charge in [0.15, 0.2) is 0 Å². The number of aliphatic hydroxyl groups is 1. The number of hydrogen-bond donors (Lipinski definition) is 2. The van der Waals surface area contributed by atoms with Crippen LogP contribution in [-0.2, 0) is 4.74 Å². The van der Waals surface area contributed by atoms with E-state index in [9.17, 15) is 9.90 Å². The van der Waals surface area contributed by atoms with Crippen molar-refractivity contribution in [3.05, 3.63) is 17.8 Å². The Labute approximate surface area is 142 Å². The minimum Gasteiger partial charge on any atom is -0.493 e. The highest BCUT2D eigenvalue weighted by atomic mass is 16.6. The number of likely N-dealkylation sites (tertiary alicyclic amines) is 1. The number of carbonyl (C=O) groups excluding carboxylic acids is 1. The Morgan fingerprint density at radius 1 is 1.38 bits per heavy atom. The molecule has 1 aromatic rings. The first-order valence-electron chi connectivity index (χ1n) is 8.58. The van der Waals surface area contributed by atoms with Gasteiger partial charge in [0, 0.05) is 19.2 Å². The van der Waals surface area contributed by atoms with Gasteiger partial charge in [-0.25, -0.2) is 4.79 Å². The summed E-state index contributed by atoms with van der Waals surface area (Å²) in [5.74, 6) is 0.867. The summed E-state index contributed by atoms with van der Waals surface area (Å²) in [6, 6.07) is 1.78. The van der Waals surface area contributed by atoms with Gasteiger partial charge >= 0.3 is 6.09 Å². The zero-order valence-corrected chi connectivity index (χ0v) is 14.6. The molecule has 3 rings (SSSR count). The second-order valence-electron chi connectivity index (χ2n) is 7.35. The van der Waals surface area contributed by atoms with Gasteiger partial charge in [0.1, 0.15) is 11.4 Å². The SMILES string of the molecule is CC(C)(C)OC(=O)N1CCCCCC1c1cc2n(n1)C(O)=CCN2. The first-order chi connectivity index (χ1) is 11.3. The zero-order valence-electron chi connectivity index (χ0n) is 14.6. The molecule has 24 heavy (non-hydrogen) atoms. The molecule has 2 aliphatic rings. The van der Waals surface area contributed by atoms with E-state index in [4.69, 9.17) is 4.74 Å². The van der Waals surface area contributed by atoms with Gasteiger partial charge in [0.25, 0.3) is 0 Å². The molecule has 7 heteroatoms. The molecule has 2 N–H and O–H groups in total. The largest absolute Gasteiger partial charge is 0.493 e. The number of nitrogens with one attached hydrogen (secondary N) is 1. The number of carbonyl (C=O) groups is 1. The normalized spacial score (nSPS) is 21.4. The summed E-state index contributed by atoms with van der Waals surface area (Å²) in [5.41, 5.74) is 0.260. The lowest BCUT2D eigenvalue weighted by Gasteiger charge is -2.31. The van der Waals surface area contributed by atoms with Gasteiger partial charge in [0.2, 0.25) is 5.88 Å². The van der Waals surface area contributed by atoms with Crippen molar-refractivity contribution in [2.45, 2.75) is 58.1 Å². The summed E-state index contributed by atoms with van der Waals surface area (Å²) in [6.07, 6.45) is 5.32. The van der Waals surface area contributed by atoms with Crippen LogP contribution in [0.5, 0.6) is 0 Å². The lowest BCUT2D eigenvalue weighted by Crippen LogP contribution is -2.39. The lowest BCUT2D eigenvalue weighted by molar-refractivity contribution is 0.0159. The van der Waals surface area contributed by atoms with Gasteiger partial charge in [-0.05, 0) is 39.7 Å². The van der Waals surface area contributed by atoms with E-state index in [2.05, 4.69) is 10.4 Å². The number of ether oxygens (including phenoxy) is 1. The van der Waals surface area contributed by atoms with E-state index in [0.717, 1.165) is 37.2 Å². The Morgan fingerprint density at radius 2 is 2.17 bits per heavy atom. The number of rotatable bonds is 1. The molecule has 0 radical (unpaired) electrons. The van der Waals surface area contributed by atoms with Crippen molar-refractivity contribution in [1.29, 1.82) is 0 Å². The Morgan fingerprint density at radius 3 is 2.88 bits per heavy atom. The monoisotopic (exact) mass is 334 g/mol. The molecule has 0 aromatic carbocycles. The minimum atomic E-state index is -0.524. The van der Waals surface area contributed by atoms with E-state index in [0.29, 0.717) is 13.1 Å². The summed E-state index contributed by atoms with van der Waals surface area (Å²) in [6.45, 7) is 6.86. The maximum atomic E-state index is 12.7. The Bertz CT molecular complexity index is 645. The highest BCUT2D eigenvalue weighted by Gasteiger charge is 2.32. The van der Waals surface area contributed by atoms with Crippen LogP contribution >= 0.6 is 0 Å². The third-order valence-corrected chi connectivity index (χ3v) is 4.24. The maximum Gasteiger partial charge on any atom is 0.410 e. The van der Waals surface area contributed by atoms with Crippen LogP contribution in [0.25, 0.3) is 5.88 Å². The van der Waals surface area contributed by atoms with Crippen LogP contribution in [0, 0.1) is 0 Å². The van der Waals surface area contributed by atoms with E-state index >= 15 is 0 Å². The average Bonchev–Trinajstić information content (AvgIpc) is 2.76. The van der Waals surface area contributed by atoms with E-state index in [1.54, 1.807) is 11.0 Å². The molecule has 2 aliphatic heterocycles. The van der Waals surface area contributed by atoms with E-state index < -0.39 is 5.60 Å². The van der Waals surface area contributed by atoms with Crippen LogP contribution < -0.4 is 5.32 Å². The highest BCUT2D eigenvalue weighted by molar-refractivity contribution is 5.69. The van der Waals surface area contributed by atoms with Crippen molar-refractivity contribution in [3.8, 4) is 0 Å². The first-order valence-corrected chi connectivity index (χ1v) is 8.58. The molecule has 0 aliphatic carbocycles. The van der Waals surface area contributed by atoms with Crippen molar-refractivity contribution in [2.75, 3.05) is 18.4 Å². The molecule has 1 fully saturated rings. The summed E-state index contributed by atoms with van der Waals surface area (Å²) in [7, 11) is 0. The Kier molecular flexibility index (Phi) is 4.43. The van der Waals surface area contributed by atoms with Crippen molar-refractivity contribution >= 4 is 17.8 Å². The van der Waals surface area contributed by atoms with Crippen LogP contribution in [0.1, 0.15) is 58.2 Å². The lowest BCUT2D eigenvalue weighted by atomic mass is 10.1. The standard InChI is InChI=1S/C17H26N4O3/c1-17(2,3)24-16(23)20-10-6-4-5-7-13(20)12-11-14-18-9-8-15(22)21(14)19-12/h8,11,13,18,22H,4-7,9-10H2,1-3H3. The van der Waals surface area contributed by atoms with Gasteiger partial charge in [-0.1, -0.05) is 12.8 Å². The molecule has 1 saturated heterocycles. The molecule has 1 atom stereocenters. The number of hydrogen-bond acceptors (Lipinski definition) is 5. The smallest absolute Gasteiger partial charge is 0.410 e. The number of amides is 1. The number of fused-ring (bicyclic) bond motifs is 1. The van der Waals surface area contributed by atoms with E-state index in [1.807, 2.05) is 26.8 Å². The van der Waals surface area contributed by atoms with E-state index in [1.165, 1.54) is 4.68 Å². The first kappa shape index (κ1) is 16.7. The average molecular weight is 334 g/mol. The third-order valence-electron chi connectivity index (χ3n) is 4.24. The Hall–Kier alpha value is -2.18. The zero-order chi connectivity index (χ0) is 17.3. The molecular weight excluding hydrogens is 308 g/mol. The van der Waals surface area contributed by atoms with Crippen LogP contribution in [0.15, 0.2) is 12.1 Å². The van der Waals surface area contributed by atoms with Crippen LogP contribution in [0.2, 0.25) is 0 Å². The predicted molar refractivity (Wildman–Crippen MR) is 91.8 cm³/mol. The number of aliphatic hydroxyl groups excluding tert-OH is 1. The highest BCUT2D eigenvalue weighted by Crippen LogP contribution is 2.33. The van der Waals surface area contributed by atoms with Gasteiger partial charge in [-0.3, -0.25) is 4.90 Å². The molecule has 1 amide bonds. The molecule has 3 heterocycles. The van der Waals surface area contributed by atoms with Gasteiger partial charge in [0.05, 0.1) is 11.7 Å². The summed E-state index contributed by atoms with van der Waals surface area (Å²) in [5, 5.41) is 17.7. The van der Waals surface area contributed by atoms with E-state index in [-0.39, 0.29) is 18.0 Å². The summed E-state index contributed by atoms with van der Waals surface area (Å²) < 4.78 is 7.07. The summed E-state index contributed by atoms with van der Waals surface area (Å²) in [4.78, 5) is 14.4. The van der Waals surface area contributed by atoms with Crippen LogP contribution in [-0.4, -0.2) is 44.6 Å². The maximum absolute atomic E-state index is 12.7. The molecule has 0 saturated carbocycles. The van der Waals surface area contributed by atoms with Gasteiger partial charge in [-0.2, -0.15) is 9.78 Å². The van der Waals surface area contributed by atoms with Crippen LogP contribution in [0.3, 0.4) is 0 Å². The van der Waals surface area contributed by atoms with Gasteiger partial charge < -0.3 is 15.2 Å². The molecule has 0 bridgehead atoms. The molecule has 0 spiro atoms. The van der Waals surface area contributed by atoms with Crippen molar-refractivity contribution < 1.29 is 14.6 Å². The number of nitrogens with zero attached hydrogens (tertiary/aromatic N) is 3. The molecule has 7 nitrogen and oxygen atoms in total. The fraction of sp³-hybridized carbons (Fsp3) is 0.647. The van der Waals surface area contributed by atoms with Gasteiger partial charge in [-0.15, -0.1) is 0 Å². The fourth-order valence-corrected chi connectivity index (χ4v) is 3.15. The fourth-order valence-electron chi connectivity index (χ4n) is 3.15. The van der Waals surface area contributed by atoms with Crippen molar-refractivity contribution in [2.24, 2.45) is 0 Å². The number of anilines is 1. The predicted octanol–water partition coefficient (Wildman–Crippen LogP) is 3.52.